The molecule has 2 aromatic rings. The van der Waals surface area contributed by atoms with E-state index in [4.69, 9.17) is 11.6 Å². The molecular weight excluding hydrogens is 549 g/mol. The first-order valence-corrected chi connectivity index (χ1v) is 8.69. The highest BCUT2D eigenvalue weighted by Gasteiger charge is 2.07. The average molecular weight is 555 g/mol. The maximum absolute atomic E-state index is 5.80. The number of rotatable bonds is 3. The van der Waals surface area contributed by atoms with Crippen LogP contribution >= 0.6 is 84.0 Å². The minimum absolute atomic E-state index is 0.585. The lowest BCUT2D eigenvalue weighted by Gasteiger charge is -2.10. The molecule has 0 radical (unpaired) electrons. The number of hydrogen-bond donors (Lipinski definition) is 1. The highest BCUT2D eigenvalue weighted by Crippen LogP contribution is 2.29. The van der Waals surface area contributed by atoms with Crippen molar-refractivity contribution >= 4 is 89.7 Å². The van der Waals surface area contributed by atoms with Crippen LogP contribution in [0.3, 0.4) is 0 Å². The fraction of sp³-hybridized carbons (Fsp3) is 0.100. The monoisotopic (exact) mass is 554 g/mol. The van der Waals surface area contributed by atoms with E-state index in [0.717, 1.165) is 21.6 Å². The summed E-state index contributed by atoms with van der Waals surface area (Å²) in [6.07, 6.45) is 1.80. The van der Waals surface area contributed by atoms with E-state index in [-0.39, 0.29) is 0 Å². The smallest absolute Gasteiger partial charge is 0.183 e. The standard InChI is InChI=1S/C10H6BrClI2N2S/c11-5-1-7(13)9(8(14)2-5)15-3-6-4-16-10(12)17-6/h1-2,4,15H,3H2. The van der Waals surface area contributed by atoms with Crippen molar-refractivity contribution in [3.63, 3.8) is 0 Å². The van der Waals surface area contributed by atoms with Crippen LogP contribution < -0.4 is 5.32 Å². The molecule has 0 saturated heterocycles. The molecule has 0 bridgehead atoms. The molecule has 7 heteroatoms. The second-order valence-corrected chi connectivity index (χ2v) is 8.11. The molecule has 0 aliphatic heterocycles. The van der Waals surface area contributed by atoms with Gasteiger partial charge in [-0.25, -0.2) is 4.98 Å². The minimum Gasteiger partial charge on any atom is -0.378 e. The Kier molecular flexibility index (Phi) is 5.34. The molecule has 17 heavy (non-hydrogen) atoms. The van der Waals surface area contributed by atoms with Crippen molar-refractivity contribution in [3.05, 3.63) is 39.3 Å². The number of thiazole rings is 1. The average Bonchev–Trinajstić information content (AvgIpc) is 2.62. The number of anilines is 1. The van der Waals surface area contributed by atoms with E-state index in [1.807, 2.05) is 0 Å². The van der Waals surface area contributed by atoms with Crippen LogP contribution in [0.4, 0.5) is 5.69 Å². The van der Waals surface area contributed by atoms with Gasteiger partial charge in [-0.1, -0.05) is 27.5 Å². The number of nitrogens with one attached hydrogen (secondary N) is 1. The van der Waals surface area contributed by atoms with Crippen LogP contribution in [0.25, 0.3) is 0 Å². The highest BCUT2D eigenvalue weighted by molar-refractivity contribution is 14.1. The third kappa shape index (κ3) is 3.92. The molecule has 0 spiro atoms. The lowest BCUT2D eigenvalue weighted by molar-refractivity contribution is 1.16. The Labute approximate surface area is 144 Å². The summed E-state index contributed by atoms with van der Waals surface area (Å²) in [5, 5.41) is 3.41. The Morgan fingerprint density at radius 2 is 2.00 bits per heavy atom. The van der Waals surface area contributed by atoms with Gasteiger partial charge in [0.25, 0.3) is 0 Å². The van der Waals surface area contributed by atoms with Crippen LogP contribution in [0.5, 0.6) is 0 Å². The van der Waals surface area contributed by atoms with Crippen LogP contribution in [0.15, 0.2) is 22.8 Å². The van der Waals surface area contributed by atoms with Gasteiger partial charge in [-0.05, 0) is 57.3 Å². The van der Waals surface area contributed by atoms with Crippen molar-refractivity contribution in [1.82, 2.24) is 4.98 Å². The van der Waals surface area contributed by atoms with Gasteiger partial charge < -0.3 is 5.32 Å². The fourth-order valence-corrected chi connectivity index (χ4v) is 5.63. The molecular formula is C10H6BrClI2N2S. The van der Waals surface area contributed by atoms with Gasteiger partial charge in [0.05, 0.1) is 12.2 Å². The van der Waals surface area contributed by atoms with Gasteiger partial charge in [0, 0.05) is 22.7 Å². The van der Waals surface area contributed by atoms with Crippen LogP contribution in [0.1, 0.15) is 4.88 Å². The lowest BCUT2D eigenvalue weighted by atomic mass is 10.3. The van der Waals surface area contributed by atoms with E-state index in [2.05, 4.69) is 83.5 Å². The second-order valence-electron chi connectivity index (χ2n) is 3.18. The Balaban J connectivity index is 2.14. The van der Waals surface area contributed by atoms with Gasteiger partial charge in [-0.2, -0.15) is 0 Å². The van der Waals surface area contributed by atoms with Crippen molar-refractivity contribution in [2.24, 2.45) is 0 Å². The molecule has 1 aromatic heterocycles. The molecule has 2 rings (SSSR count). The van der Waals surface area contributed by atoms with Crippen molar-refractivity contribution in [3.8, 4) is 0 Å². The van der Waals surface area contributed by atoms with Crippen molar-refractivity contribution in [1.29, 1.82) is 0 Å². The summed E-state index contributed by atoms with van der Waals surface area (Å²) in [6.45, 7) is 0.748. The van der Waals surface area contributed by atoms with Gasteiger partial charge >= 0.3 is 0 Å². The Bertz CT molecular complexity index is 524. The first-order chi connectivity index (χ1) is 8.06. The summed E-state index contributed by atoms with van der Waals surface area (Å²) in [5.41, 5.74) is 1.15. The molecule has 2 nitrogen and oxygen atoms in total. The number of hydrogen-bond acceptors (Lipinski definition) is 3. The predicted octanol–water partition coefficient (Wildman–Crippen LogP) is 5.38. The molecule has 1 aromatic carbocycles. The minimum atomic E-state index is 0.585. The summed E-state index contributed by atoms with van der Waals surface area (Å²) in [4.78, 5) is 5.15. The van der Waals surface area contributed by atoms with Crippen LogP contribution in [0, 0.1) is 7.14 Å². The van der Waals surface area contributed by atoms with Crippen molar-refractivity contribution in [2.75, 3.05) is 5.32 Å². The molecule has 0 fully saturated rings. The third-order valence-electron chi connectivity index (χ3n) is 1.97. The van der Waals surface area contributed by atoms with E-state index in [0.29, 0.717) is 4.47 Å². The number of aromatic nitrogens is 1. The molecule has 1 N–H and O–H groups in total. The summed E-state index contributed by atoms with van der Waals surface area (Å²) in [6, 6.07) is 4.18. The zero-order valence-electron chi connectivity index (χ0n) is 8.31. The number of nitrogens with zero attached hydrogens (tertiary/aromatic N) is 1. The van der Waals surface area contributed by atoms with Crippen molar-refractivity contribution in [2.45, 2.75) is 6.54 Å². The quantitative estimate of drug-likeness (QED) is 0.515. The number of halogens is 4. The van der Waals surface area contributed by atoms with Gasteiger partial charge in [0.1, 0.15) is 0 Å². The van der Waals surface area contributed by atoms with Crippen LogP contribution in [0.2, 0.25) is 4.47 Å². The molecule has 0 aliphatic rings. The van der Waals surface area contributed by atoms with E-state index in [1.165, 1.54) is 18.5 Å². The van der Waals surface area contributed by atoms with Crippen LogP contribution in [-0.2, 0) is 6.54 Å². The molecule has 0 aliphatic carbocycles. The first kappa shape index (κ1) is 14.3. The largest absolute Gasteiger partial charge is 0.378 e. The van der Waals surface area contributed by atoms with Gasteiger partial charge in [-0.15, -0.1) is 11.3 Å². The molecule has 0 amide bonds. The van der Waals surface area contributed by atoms with E-state index in [9.17, 15) is 0 Å². The molecule has 0 saturated carbocycles. The summed E-state index contributed by atoms with van der Waals surface area (Å²) in [7, 11) is 0. The number of benzene rings is 1. The second kappa shape index (κ2) is 6.36. The predicted molar refractivity (Wildman–Crippen MR) is 94.0 cm³/mol. The normalized spacial score (nSPS) is 10.6. The summed E-state index contributed by atoms with van der Waals surface area (Å²) in [5.74, 6) is 0. The Morgan fingerprint density at radius 1 is 1.35 bits per heavy atom. The fourth-order valence-electron chi connectivity index (χ4n) is 1.25. The maximum Gasteiger partial charge on any atom is 0.183 e. The van der Waals surface area contributed by atoms with E-state index in [1.54, 1.807) is 6.20 Å². The van der Waals surface area contributed by atoms with Gasteiger partial charge in [0.15, 0.2) is 4.47 Å². The summed E-state index contributed by atoms with van der Waals surface area (Å²) < 4.78 is 4.06. The lowest BCUT2D eigenvalue weighted by Crippen LogP contribution is -2.01. The van der Waals surface area contributed by atoms with Crippen LogP contribution in [-0.4, -0.2) is 4.98 Å². The SMILES string of the molecule is Clc1ncc(CNc2c(I)cc(Br)cc2I)s1. The van der Waals surface area contributed by atoms with Crippen molar-refractivity contribution < 1.29 is 0 Å². The molecule has 0 unspecified atom stereocenters. The Morgan fingerprint density at radius 3 is 2.53 bits per heavy atom. The third-order valence-corrected chi connectivity index (χ3v) is 5.25. The Hall–Kier alpha value is 0.880. The summed E-state index contributed by atoms with van der Waals surface area (Å²) >= 11 is 15.4. The highest BCUT2D eigenvalue weighted by atomic mass is 127. The van der Waals surface area contributed by atoms with E-state index >= 15 is 0 Å². The van der Waals surface area contributed by atoms with E-state index < -0.39 is 0 Å². The first-order valence-electron chi connectivity index (χ1n) is 4.55. The zero-order valence-corrected chi connectivity index (χ0v) is 15.8. The topological polar surface area (TPSA) is 24.9 Å². The van der Waals surface area contributed by atoms with Gasteiger partial charge in [-0.3, -0.25) is 0 Å². The molecule has 1 heterocycles. The maximum atomic E-state index is 5.80. The zero-order chi connectivity index (χ0) is 12.4. The van der Waals surface area contributed by atoms with Gasteiger partial charge in [0.2, 0.25) is 0 Å². The molecule has 0 atom stereocenters. The molecule has 90 valence electrons.